The van der Waals surface area contributed by atoms with Gasteiger partial charge in [-0.15, -0.1) is 0 Å². The summed E-state index contributed by atoms with van der Waals surface area (Å²) >= 11 is 0. The van der Waals surface area contributed by atoms with E-state index in [9.17, 15) is 14.7 Å². The minimum Gasteiger partial charge on any atom is -0.480 e. The Labute approximate surface area is 108 Å². The third-order valence-electron chi connectivity index (χ3n) is 3.98. The molecular formula is C13H24N2O3. The van der Waals surface area contributed by atoms with Crippen LogP contribution in [-0.4, -0.2) is 41.0 Å². The van der Waals surface area contributed by atoms with Crippen molar-refractivity contribution < 1.29 is 14.7 Å². The monoisotopic (exact) mass is 256 g/mol. The Hall–Kier alpha value is -1.10. The van der Waals surface area contributed by atoms with E-state index >= 15 is 0 Å². The van der Waals surface area contributed by atoms with E-state index in [1.807, 2.05) is 6.92 Å². The summed E-state index contributed by atoms with van der Waals surface area (Å²) in [6.07, 6.45) is 3.10. The summed E-state index contributed by atoms with van der Waals surface area (Å²) in [5.74, 6) is -0.826. The lowest BCUT2D eigenvalue weighted by molar-refractivity contribution is -0.155. The van der Waals surface area contributed by atoms with Crippen molar-refractivity contribution in [3.05, 3.63) is 0 Å². The first-order valence-corrected chi connectivity index (χ1v) is 6.78. The van der Waals surface area contributed by atoms with Crippen LogP contribution in [0.2, 0.25) is 0 Å². The molecule has 1 saturated heterocycles. The van der Waals surface area contributed by atoms with Gasteiger partial charge in [-0.3, -0.25) is 4.79 Å². The first-order valence-electron chi connectivity index (χ1n) is 6.78. The first kappa shape index (κ1) is 15.0. The number of carboxylic acids is 1. The second-order valence-corrected chi connectivity index (χ2v) is 5.03. The van der Waals surface area contributed by atoms with Gasteiger partial charge in [-0.1, -0.05) is 20.3 Å². The topological polar surface area (TPSA) is 83.6 Å². The van der Waals surface area contributed by atoms with E-state index in [2.05, 4.69) is 6.92 Å². The van der Waals surface area contributed by atoms with E-state index in [0.717, 1.165) is 12.8 Å². The van der Waals surface area contributed by atoms with Crippen LogP contribution >= 0.6 is 0 Å². The van der Waals surface area contributed by atoms with Crippen molar-refractivity contribution in [3.63, 3.8) is 0 Å². The minimum atomic E-state index is -0.895. The van der Waals surface area contributed by atoms with Crippen molar-refractivity contribution in [1.82, 2.24) is 4.90 Å². The zero-order chi connectivity index (χ0) is 13.7. The SMILES string of the molecule is CCC1CCN(C(=O)C(CC)CN)C(C(=O)O)C1. The summed E-state index contributed by atoms with van der Waals surface area (Å²) in [7, 11) is 0. The number of amides is 1. The summed E-state index contributed by atoms with van der Waals surface area (Å²) in [5, 5.41) is 9.27. The molecule has 1 fully saturated rings. The van der Waals surface area contributed by atoms with Crippen molar-refractivity contribution in [2.24, 2.45) is 17.6 Å². The van der Waals surface area contributed by atoms with Crippen LogP contribution < -0.4 is 5.73 Å². The zero-order valence-electron chi connectivity index (χ0n) is 11.3. The van der Waals surface area contributed by atoms with Crippen LogP contribution in [0.5, 0.6) is 0 Å². The summed E-state index contributed by atoms with van der Waals surface area (Å²) in [6.45, 7) is 4.81. The number of carbonyl (C=O) groups is 2. The van der Waals surface area contributed by atoms with E-state index in [1.54, 1.807) is 0 Å². The number of hydrogen-bond acceptors (Lipinski definition) is 3. The molecule has 1 heterocycles. The first-order chi connectivity index (χ1) is 8.54. The van der Waals surface area contributed by atoms with Gasteiger partial charge in [-0.25, -0.2) is 4.79 Å². The summed E-state index contributed by atoms with van der Waals surface area (Å²) in [5.41, 5.74) is 5.57. The molecule has 0 aromatic rings. The van der Waals surface area contributed by atoms with Gasteiger partial charge in [-0.05, 0) is 25.2 Å². The normalized spacial score (nSPS) is 25.8. The van der Waals surface area contributed by atoms with Crippen LogP contribution in [0.3, 0.4) is 0 Å². The van der Waals surface area contributed by atoms with Crippen LogP contribution in [0.4, 0.5) is 0 Å². The molecule has 5 heteroatoms. The molecule has 1 aliphatic rings. The van der Waals surface area contributed by atoms with Crippen molar-refractivity contribution in [1.29, 1.82) is 0 Å². The average molecular weight is 256 g/mol. The molecule has 0 radical (unpaired) electrons. The molecule has 3 atom stereocenters. The molecule has 18 heavy (non-hydrogen) atoms. The van der Waals surface area contributed by atoms with Gasteiger partial charge in [0.1, 0.15) is 6.04 Å². The molecule has 0 aliphatic carbocycles. The Balaban J connectivity index is 2.79. The van der Waals surface area contributed by atoms with Crippen molar-refractivity contribution in [2.75, 3.05) is 13.1 Å². The van der Waals surface area contributed by atoms with Crippen LogP contribution in [-0.2, 0) is 9.59 Å². The summed E-state index contributed by atoms with van der Waals surface area (Å²) in [6, 6.07) is -0.670. The second kappa shape index (κ2) is 6.73. The van der Waals surface area contributed by atoms with Crippen LogP contribution in [0.25, 0.3) is 0 Å². The third-order valence-corrected chi connectivity index (χ3v) is 3.98. The van der Waals surface area contributed by atoms with Crippen molar-refractivity contribution >= 4 is 11.9 Å². The average Bonchev–Trinajstić information content (AvgIpc) is 2.39. The van der Waals surface area contributed by atoms with Crippen molar-refractivity contribution in [2.45, 2.75) is 45.6 Å². The molecule has 3 unspecified atom stereocenters. The highest BCUT2D eigenvalue weighted by Gasteiger charge is 2.37. The number of carbonyl (C=O) groups excluding carboxylic acids is 1. The third kappa shape index (κ3) is 3.22. The van der Waals surface area contributed by atoms with Gasteiger partial charge in [0.05, 0.1) is 5.92 Å². The number of piperidine rings is 1. The highest BCUT2D eigenvalue weighted by atomic mass is 16.4. The van der Waals surface area contributed by atoms with Gasteiger partial charge >= 0.3 is 5.97 Å². The van der Waals surface area contributed by atoms with E-state index in [4.69, 9.17) is 5.73 Å². The maximum Gasteiger partial charge on any atom is 0.326 e. The van der Waals surface area contributed by atoms with E-state index in [-0.39, 0.29) is 18.4 Å². The number of nitrogens with zero attached hydrogens (tertiary/aromatic N) is 1. The van der Waals surface area contributed by atoms with Gasteiger partial charge in [-0.2, -0.15) is 0 Å². The molecule has 0 aromatic carbocycles. The molecule has 104 valence electrons. The molecule has 5 nitrogen and oxygen atoms in total. The Morgan fingerprint density at radius 3 is 2.56 bits per heavy atom. The predicted octanol–water partition coefficient (Wildman–Crippen LogP) is 1.07. The van der Waals surface area contributed by atoms with Crippen LogP contribution in [0.15, 0.2) is 0 Å². The lowest BCUT2D eigenvalue weighted by Crippen LogP contribution is -2.52. The summed E-state index contributed by atoms with van der Waals surface area (Å²) in [4.78, 5) is 25.1. The van der Waals surface area contributed by atoms with Gasteiger partial charge in [0.2, 0.25) is 5.91 Å². The molecule has 1 aliphatic heterocycles. The number of hydrogen-bond donors (Lipinski definition) is 2. The molecular weight excluding hydrogens is 232 g/mol. The van der Waals surface area contributed by atoms with E-state index in [0.29, 0.717) is 25.3 Å². The molecule has 1 rings (SSSR count). The number of likely N-dealkylation sites (tertiary alicyclic amines) is 1. The number of carboxylic acid groups (broad SMARTS) is 1. The molecule has 1 amide bonds. The van der Waals surface area contributed by atoms with Crippen molar-refractivity contribution in [3.8, 4) is 0 Å². The lowest BCUT2D eigenvalue weighted by atomic mass is 9.88. The van der Waals surface area contributed by atoms with Gasteiger partial charge in [0.25, 0.3) is 0 Å². The standard InChI is InChI=1S/C13H24N2O3/c1-3-9-5-6-15(11(7-9)13(17)18)12(16)10(4-2)8-14/h9-11H,3-8,14H2,1-2H3,(H,17,18). The van der Waals surface area contributed by atoms with E-state index < -0.39 is 12.0 Å². The lowest BCUT2D eigenvalue weighted by Gasteiger charge is -2.38. The largest absolute Gasteiger partial charge is 0.480 e. The number of rotatable bonds is 5. The maximum atomic E-state index is 12.3. The van der Waals surface area contributed by atoms with Crippen LogP contribution in [0.1, 0.15) is 39.5 Å². The Kier molecular flexibility index (Phi) is 5.59. The van der Waals surface area contributed by atoms with Gasteiger partial charge in [0.15, 0.2) is 0 Å². The van der Waals surface area contributed by atoms with E-state index in [1.165, 1.54) is 4.90 Å². The smallest absolute Gasteiger partial charge is 0.326 e. The fraction of sp³-hybridized carbons (Fsp3) is 0.846. The fourth-order valence-electron chi connectivity index (χ4n) is 2.58. The highest BCUT2D eigenvalue weighted by molar-refractivity contribution is 5.85. The quantitative estimate of drug-likeness (QED) is 0.770. The van der Waals surface area contributed by atoms with Gasteiger partial charge in [0, 0.05) is 13.1 Å². The Morgan fingerprint density at radius 1 is 1.44 bits per heavy atom. The maximum absolute atomic E-state index is 12.3. The molecule has 3 N–H and O–H groups in total. The molecule has 0 aromatic heterocycles. The molecule has 0 bridgehead atoms. The van der Waals surface area contributed by atoms with Crippen LogP contribution in [0, 0.1) is 11.8 Å². The predicted molar refractivity (Wildman–Crippen MR) is 69.0 cm³/mol. The molecule has 0 spiro atoms. The Bertz CT molecular complexity index is 303. The highest BCUT2D eigenvalue weighted by Crippen LogP contribution is 2.27. The van der Waals surface area contributed by atoms with Gasteiger partial charge < -0.3 is 15.7 Å². The second-order valence-electron chi connectivity index (χ2n) is 5.03. The molecule has 0 saturated carbocycles. The minimum absolute atomic E-state index is 0.0954. The number of aliphatic carboxylic acids is 1. The summed E-state index contributed by atoms with van der Waals surface area (Å²) < 4.78 is 0. The number of nitrogens with two attached hydrogens (primary N) is 1. The Morgan fingerprint density at radius 2 is 2.11 bits per heavy atom. The fourth-order valence-corrected chi connectivity index (χ4v) is 2.58. The zero-order valence-corrected chi connectivity index (χ0v) is 11.3.